The first-order chi connectivity index (χ1) is 14.5. The third-order valence-electron chi connectivity index (χ3n) is 4.57. The molecule has 1 aromatic carbocycles. The van der Waals surface area contributed by atoms with Crippen molar-refractivity contribution < 1.29 is 9.72 Å². The Kier molecular flexibility index (Phi) is 5.11. The third-order valence-corrected chi connectivity index (χ3v) is 5.43. The summed E-state index contributed by atoms with van der Waals surface area (Å²) in [5.74, 6) is -0.238. The maximum absolute atomic E-state index is 12.8. The van der Waals surface area contributed by atoms with E-state index in [1.54, 1.807) is 35.4 Å². The summed E-state index contributed by atoms with van der Waals surface area (Å²) in [4.78, 5) is 43.0. The van der Waals surface area contributed by atoms with Gasteiger partial charge < -0.3 is 4.90 Å². The van der Waals surface area contributed by atoms with Gasteiger partial charge in [0, 0.05) is 18.0 Å². The summed E-state index contributed by atoms with van der Waals surface area (Å²) in [5, 5.41) is 17.5. The van der Waals surface area contributed by atoms with Crippen molar-refractivity contribution in [2.45, 2.75) is 13.1 Å². The second kappa shape index (κ2) is 7.87. The topological polar surface area (TPSA) is 116 Å². The second-order valence-electron chi connectivity index (χ2n) is 6.55. The van der Waals surface area contributed by atoms with E-state index >= 15 is 0 Å². The van der Waals surface area contributed by atoms with Crippen LogP contribution in [0.3, 0.4) is 0 Å². The first-order valence-corrected chi connectivity index (χ1v) is 9.77. The smallest absolute Gasteiger partial charge is 0.294 e. The maximum Gasteiger partial charge on any atom is 0.294 e. The highest BCUT2D eigenvalue weighted by Gasteiger charge is 2.20. The van der Waals surface area contributed by atoms with Gasteiger partial charge in [0.15, 0.2) is 5.65 Å². The molecule has 0 saturated carbocycles. The summed E-state index contributed by atoms with van der Waals surface area (Å²) < 4.78 is 2.46. The molecule has 0 spiro atoms. The SMILES string of the molecule is CN(Cc1cccs1)C(=O)Cn1cnc2c(cnn2-c2ccccc2[N+](=O)[O-])c1=O. The number of rotatable bonds is 6. The van der Waals surface area contributed by atoms with E-state index in [4.69, 9.17) is 0 Å². The molecule has 0 aliphatic carbocycles. The fourth-order valence-corrected chi connectivity index (χ4v) is 3.78. The number of likely N-dealkylation sites (N-methyl/N-ethyl adjacent to an activating group) is 1. The van der Waals surface area contributed by atoms with Crippen LogP contribution in [0.15, 0.2) is 59.1 Å². The summed E-state index contributed by atoms with van der Waals surface area (Å²) in [6, 6.07) is 9.92. The van der Waals surface area contributed by atoms with Gasteiger partial charge in [-0.05, 0) is 17.5 Å². The fourth-order valence-electron chi connectivity index (χ4n) is 3.03. The maximum atomic E-state index is 12.8. The van der Waals surface area contributed by atoms with Crippen LogP contribution < -0.4 is 5.56 Å². The largest absolute Gasteiger partial charge is 0.339 e. The first kappa shape index (κ1) is 19.5. The quantitative estimate of drug-likeness (QED) is 0.346. The van der Waals surface area contributed by atoms with Gasteiger partial charge in [-0.25, -0.2) is 9.67 Å². The van der Waals surface area contributed by atoms with E-state index in [0.29, 0.717) is 6.54 Å². The number of nitrogens with zero attached hydrogens (tertiary/aromatic N) is 6. The molecule has 0 aliphatic rings. The van der Waals surface area contributed by atoms with Crippen LogP contribution in [-0.2, 0) is 17.9 Å². The lowest BCUT2D eigenvalue weighted by Gasteiger charge is -2.16. The molecule has 11 heteroatoms. The predicted octanol–water partition coefficient (Wildman–Crippen LogP) is 2.21. The number of aromatic nitrogens is 4. The van der Waals surface area contributed by atoms with Crippen LogP contribution >= 0.6 is 11.3 Å². The van der Waals surface area contributed by atoms with Crippen molar-refractivity contribution in [3.63, 3.8) is 0 Å². The van der Waals surface area contributed by atoms with Gasteiger partial charge in [-0.3, -0.25) is 24.3 Å². The zero-order valence-corrected chi connectivity index (χ0v) is 16.7. The molecule has 0 atom stereocenters. The molecule has 3 heterocycles. The highest BCUT2D eigenvalue weighted by atomic mass is 32.1. The van der Waals surface area contributed by atoms with Crippen LogP contribution in [0.5, 0.6) is 0 Å². The van der Waals surface area contributed by atoms with Crippen molar-refractivity contribution >= 4 is 34.0 Å². The van der Waals surface area contributed by atoms with E-state index < -0.39 is 10.5 Å². The van der Waals surface area contributed by atoms with Gasteiger partial charge in [-0.1, -0.05) is 18.2 Å². The Morgan fingerprint density at radius 2 is 2.07 bits per heavy atom. The molecule has 0 saturated heterocycles. The lowest BCUT2D eigenvalue weighted by atomic mass is 10.2. The Morgan fingerprint density at radius 3 is 2.80 bits per heavy atom. The number of thiophene rings is 1. The van der Waals surface area contributed by atoms with E-state index in [1.165, 1.54) is 33.9 Å². The molecule has 3 aromatic heterocycles. The minimum absolute atomic E-state index is 0.154. The van der Waals surface area contributed by atoms with Crippen molar-refractivity contribution in [1.29, 1.82) is 0 Å². The standard InChI is InChI=1S/C19H16N6O4S/c1-22(10-13-5-4-8-30-13)17(26)11-23-12-20-18-14(19(23)27)9-21-24(18)15-6-2-3-7-16(15)25(28)29/h2-9,12H,10-11H2,1H3. The molecule has 1 amide bonds. The number of carbonyl (C=O) groups is 1. The number of amides is 1. The molecule has 10 nitrogen and oxygen atoms in total. The highest BCUT2D eigenvalue weighted by Crippen LogP contribution is 2.23. The number of para-hydroxylation sites is 2. The zero-order chi connectivity index (χ0) is 21.3. The van der Waals surface area contributed by atoms with Crippen LogP contribution in [-0.4, -0.2) is 42.1 Å². The second-order valence-corrected chi connectivity index (χ2v) is 7.58. The lowest BCUT2D eigenvalue weighted by molar-refractivity contribution is -0.384. The van der Waals surface area contributed by atoms with Gasteiger partial charge in [0.2, 0.25) is 5.91 Å². The van der Waals surface area contributed by atoms with Gasteiger partial charge >= 0.3 is 0 Å². The highest BCUT2D eigenvalue weighted by molar-refractivity contribution is 7.09. The zero-order valence-electron chi connectivity index (χ0n) is 15.8. The Morgan fingerprint density at radius 1 is 1.27 bits per heavy atom. The van der Waals surface area contributed by atoms with E-state index in [2.05, 4.69) is 10.1 Å². The average Bonchev–Trinajstić information content (AvgIpc) is 3.40. The number of fused-ring (bicyclic) bond motifs is 1. The molecule has 0 fully saturated rings. The van der Waals surface area contributed by atoms with E-state index in [-0.39, 0.29) is 34.9 Å². The number of hydrogen-bond donors (Lipinski definition) is 0. The number of nitro benzene ring substituents is 1. The van der Waals surface area contributed by atoms with Gasteiger partial charge in [0.1, 0.15) is 23.9 Å². The molecule has 0 unspecified atom stereocenters. The summed E-state index contributed by atoms with van der Waals surface area (Å²) in [5.41, 5.74) is -0.208. The van der Waals surface area contributed by atoms with Gasteiger partial charge in [0.25, 0.3) is 11.2 Å². The monoisotopic (exact) mass is 424 g/mol. The Balaban J connectivity index is 1.64. The van der Waals surface area contributed by atoms with Crippen molar-refractivity contribution in [1.82, 2.24) is 24.2 Å². The number of hydrogen-bond acceptors (Lipinski definition) is 7. The summed E-state index contributed by atoms with van der Waals surface area (Å²) in [7, 11) is 1.67. The van der Waals surface area contributed by atoms with Crippen molar-refractivity contribution in [2.24, 2.45) is 0 Å². The summed E-state index contributed by atoms with van der Waals surface area (Å²) in [6.45, 7) is 0.289. The molecule has 0 aliphatic heterocycles. The van der Waals surface area contributed by atoms with E-state index in [1.807, 2.05) is 17.5 Å². The number of benzene rings is 1. The minimum Gasteiger partial charge on any atom is -0.339 e. The Labute approximate surface area is 173 Å². The summed E-state index contributed by atoms with van der Waals surface area (Å²) in [6.07, 6.45) is 2.56. The van der Waals surface area contributed by atoms with Crippen molar-refractivity contribution in [2.75, 3.05) is 7.05 Å². The molecular weight excluding hydrogens is 408 g/mol. The average molecular weight is 424 g/mol. The van der Waals surface area contributed by atoms with Gasteiger partial charge in [-0.2, -0.15) is 5.10 Å². The number of nitro groups is 1. The molecule has 0 bridgehead atoms. The van der Waals surface area contributed by atoms with E-state index in [0.717, 1.165) is 4.88 Å². The first-order valence-electron chi connectivity index (χ1n) is 8.89. The van der Waals surface area contributed by atoms with Crippen LogP contribution in [0.4, 0.5) is 5.69 Å². The molecule has 152 valence electrons. The molecule has 0 radical (unpaired) electrons. The third kappa shape index (κ3) is 3.57. The molecule has 4 rings (SSSR count). The Bertz CT molecular complexity index is 1290. The van der Waals surface area contributed by atoms with Crippen molar-refractivity contribution in [3.05, 3.63) is 79.6 Å². The molecular formula is C19H16N6O4S. The van der Waals surface area contributed by atoms with Crippen LogP contribution in [0.2, 0.25) is 0 Å². The van der Waals surface area contributed by atoms with E-state index in [9.17, 15) is 19.7 Å². The molecule has 0 N–H and O–H groups in total. The van der Waals surface area contributed by atoms with Gasteiger partial charge in [-0.15, -0.1) is 11.3 Å². The minimum atomic E-state index is -0.522. The lowest BCUT2D eigenvalue weighted by Crippen LogP contribution is -2.33. The van der Waals surface area contributed by atoms with Gasteiger partial charge in [0.05, 0.1) is 17.7 Å². The predicted molar refractivity (Wildman–Crippen MR) is 111 cm³/mol. The van der Waals surface area contributed by atoms with Crippen LogP contribution in [0, 0.1) is 10.1 Å². The number of carbonyl (C=O) groups excluding carboxylic acids is 1. The molecule has 4 aromatic rings. The normalized spacial score (nSPS) is 11.0. The molecule has 30 heavy (non-hydrogen) atoms. The summed E-state index contributed by atoms with van der Waals surface area (Å²) >= 11 is 1.55. The van der Waals surface area contributed by atoms with Crippen molar-refractivity contribution in [3.8, 4) is 5.69 Å². The van der Waals surface area contributed by atoms with Crippen LogP contribution in [0.1, 0.15) is 4.88 Å². The Hall–Kier alpha value is -3.86. The fraction of sp³-hybridized carbons (Fsp3) is 0.158. The van der Waals surface area contributed by atoms with Crippen LogP contribution in [0.25, 0.3) is 16.7 Å².